The number of hydrogen-bond acceptors (Lipinski definition) is 3. The Bertz CT molecular complexity index is 551. The van der Waals surface area contributed by atoms with Crippen LogP contribution in [0.25, 0.3) is 0 Å². The van der Waals surface area contributed by atoms with Gasteiger partial charge in [0.15, 0.2) is 0 Å². The molecule has 0 atom stereocenters. The summed E-state index contributed by atoms with van der Waals surface area (Å²) in [6, 6.07) is 16.7. The number of nitrogens with one attached hydrogen (secondary N) is 1. The third-order valence-corrected chi connectivity index (χ3v) is 3.53. The van der Waals surface area contributed by atoms with E-state index in [2.05, 4.69) is 60.6 Å². The molecule has 0 aliphatic heterocycles. The van der Waals surface area contributed by atoms with E-state index in [4.69, 9.17) is 4.74 Å². The molecule has 0 saturated heterocycles. The van der Waals surface area contributed by atoms with Crippen molar-refractivity contribution in [1.29, 1.82) is 0 Å². The Hall–Kier alpha value is -2.00. The number of benzene rings is 2. The molecule has 0 heterocycles. The van der Waals surface area contributed by atoms with Gasteiger partial charge in [0.1, 0.15) is 12.4 Å². The molecule has 21 heavy (non-hydrogen) atoms. The van der Waals surface area contributed by atoms with Crippen LogP contribution in [0.2, 0.25) is 0 Å². The predicted octanol–water partition coefficient (Wildman–Crippen LogP) is 3.23. The van der Waals surface area contributed by atoms with Gasteiger partial charge in [-0.15, -0.1) is 0 Å². The molecular weight excluding hydrogens is 260 g/mol. The summed E-state index contributed by atoms with van der Waals surface area (Å²) in [4.78, 5) is 2.23. The highest BCUT2D eigenvalue weighted by molar-refractivity contribution is 5.52. The summed E-state index contributed by atoms with van der Waals surface area (Å²) in [5.74, 6) is 0.924. The third-order valence-electron chi connectivity index (χ3n) is 3.53. The second-order valence-electron chi connectivity index (χ2n) is 5.23. The van der Waals surface area contributed by atoms with Crippen LogP contribution in [-0.2, 0) is 6.54 Å². The molecule has 0 saturated carbocycles. The fourth-order valence-electron chi connectivity index (χ4n) is 2.32. The van der Waals surface area contributed by atoms with Gasteiger partial charge in [0.25, 0.3) is 0 Å². The average molecular weight is 284 g/mol. The second-order valence-corrected chi connectivity index (χ2v) is 5.23. The zero-order valence-electron chi connectivity index (χ0n) is 13.1. The van der Waals surface area contributed by atoms with Crippen molar-refractivity contribution in [3.8, 4) is 5.75 Å². The highest BCUT2D eigenvalue weighted by Gasteiger charge is 2.03. The molecule has 2 aromatic carbocycles. The van der Waals surface area contributed by atoms with E-state index in [9.17, 15) is 0 Å². The molecule has 3 nitrogen and oxygen atoms in total. The van der Waals surface area contributed by atoms with E-state index in [0.29, 0.717) is 6.61 Å². The first-order valence-electron chi connectivity index (χ1n) is 7.34. The second kappa shape index (κ2) is 7.70. The van der Waals surface area contributed by atoms with Gasteiger partial charge in [-0.3, -0.25) is 0 Å². The normalized spacial score (nSPS) is 10.4. The number of hydrogen-bond donors (Lipinski definition) is 1. The van der Waals surface area contributed by atoms with Gasteiger partial charge < -0.3 is 15.0 Å². The monoisotopic (exact) mass is 284 g/mol. The summed E-state index contributed by atoms with van der Waals surface area (Å²) >= 11 is 0. The van der Waals surface area contributed by atoms with E-state index in [1.807, 2.05) is 19.2 Å². The maximum absolute atomic E-state index is 5.81. The lowest BCUT2D eigenvalue weighted by Gasteiger charge is -2.21. The van der Waals surface area contributed by atoms with Gasteiger partial charge in [0.2, 0.25) is 0 Å². The zero-order chi connectivity index (χ0) is 15.1. The summed E-state index contributed by atoms with van der Waals surface area (Å²) in [5, 5.41) is 3.14. The first-order valence-corrected chi connectivity index (χ1v) is 7.34. The summed E-state index contributed by atoms with van der Waals surface area (Å²) in [6.07, 6.45) is 0. The van der Waals surface area contributed by atoms with Crippen molar-refractivity contribution in [1.82, 2.24) is 5.32 Å². The lowest BCUT2D eigenvalue weighted by Crippen LogP contribution is -2.24. The van der Waals surface area contributed by atoms with E-state index in [-0.39, 0.29) is 0 Å². The van der Waals surface area contributed by atoms with Crippen LogP contribution in [0.4, 0.5) is 5.69 Å². The van der Waals surface area contributed by atoms with Gasteiger partial charge in [0, 0.05) is 19.3 Å². The molecule has 3 heteroatoms. The van der Waals surface area contributed by atoms with Crippen LogP contribution >= 0.6 is 0 Å². The average Bonchev–Trinajstić information content (AvgIpc) is 2.49. The summed E-state index contributed by atoms with van der Waals surface area (Å²) in [6.45, 7) is 4.56. The highest BCUT2D eigenvalue weighted by Crippen LogP contribution is 2.18. The maximum atomic E-state index is 5.81. The van der Waals surface area contributed by atoms with Crippen LogP contribution in [-0.4, -0.2) is 27.2 Å². The molecule has 0 aliphatic rings. The molecule has 0 amide bonds. The predicted molar refractivity (Wildman–Crippen MR) is 89.1 cm³/mol. The first kappa shape index (κ1) is 15.4. The van der Waals surface area contributed by atoms with Crippen LogP contribution in [0, 0.1) is 6.92 Å². The molecule has 0 unspecified atom stereocenters. The van der Waals surface area contributed by atoms with Crippen molar-refractivity contribution < 1.29 is 4.74 Å². The molecule has 0 radical (unpaired) electrons. The quantitative estimate of drug-likeness (QED) is 0.845. The van der Waals surface area contributed by atoms with E-state index in [1.54, 1.807) is 0 Å². The van der Waals surface area contributed by atoms with Crippen molar-refractivity contribution in [2.24, 2.45) is 0 Å². The third kappa shape index (κ3) is 4.50. The summed E-state index contributed by atoms with van der Waals surface area (Å²) in [5.41, 5.74) is 3.81. The molecule has 2 aromatic rings. The van der Waals surface area contributed by atoms with Crippen LogP contribution in [0.5, 0.6) is 5.75 Å². The number of para-hydroxylation sites is 1. The van der Waals surface area contributed by atoms with Crippen molar-refractivity contribution in [3.05, 3.63) is 59.7 Å². The van der Waals surface area contributed by atoms with Gasteiger partial charge in [-0.05, 0) is 43.3 Å². The van der Waals surface area contributed by atoms with Gasteiger partial charge in [0.05, 0.1) is 6.54 Å². The molecule has 2 rings (SSSR count). The van der Waals surface area contributed by atoms with E-state index < -0.39 is 0 Å². The Morgan fingerprint density at radius 2 is 1.76 bits per heavy atom. The fraction of sp³-hybridized carbons (Fsp3) is 0.333. The van der Waals surface area contributed by atoms with Crippen LogP contribution in [0.15, 0.2) is 48.5 Å². The fourth-order valence-corrected chi connectivity index (χ4v) is 2.32. The van der Waals surface area contributed by atoms with Crippen molar-refractivity contribution in [3.63, 3.8) is 0 Å². The number of likely N-dealkylation sites (N-methyl/N-ethyl adjacent to an activating group) is 1. The van der Waals surface area contributed by atoms with Gasteiger partial charge in [-0.25, -0.2) is 0 Å². The number of rotatable bonds is 7. The minimum absolute atomic E-state index is 0.677. The maximum Gasteiger partial charge on any atom is 0.119 e. The Labute approximate surface area is 127 Å². The molecular formula is C18H24N2O. The molecule has 0 aliphatic carbocycles. The van der Waals surface area contributed by atoms with Gasteiger partial charge in [-0.1, -0.05) is 30.3 Å². The SMILES string of the molecule is CNCc1ccc(OCCN(C)c2ccccc2C)cc1. The number of ether oxygens (including phenoxy) is 1. The van der Waals surface area contributed by atoms with Crippen molar-refractivity contribution in [2.45, 2.75) is 13.5 Å². The standard InChI is InChI=1S/C18H24N2O/c1-15-6-4-5-7-18(15)20(3)12-13-21-17-10-8-16(9-11-17)14-19-2/h4-11,19H,12-14H2,1-3H3. The lowest BCUT2D eigenvalue weighted by molar-refractivity contribution is 0.326. The topological polar surface area (TPSA) is 24.5 Å². The minimum atomic E-state index is 0.677. The summed E-state index contributed by atoms with van der Waals surface area (Å²) < 4.78 is 5.81. The van der Waals surface area contributed by atoms with Crippen LogP contribution in [0.1, 0.15) is 11.1 Å². The smallest absolute Gasteiger partial charge is 0.119 e. The first-order chi connectivity index (χ1) is 10.2. The molecule has 112 valence electrons. The van der Waals surface area contributed by atoms with Gasteiger partial charge in [-0.2, -0.15) is 0 Å². The number of aryl methyl sites for hydroxylation is 1. The Kier molecular flexibility index (Phi) is 5.64. The molecule has 0 bridgehead atoms. The molecule has 0 aromatic heterocycles. The van der Waals surface area contributed by atoms with E-state index >= 15 is 0 Å². The molecule has 0 fully saturated rings. The Balaban J connectivity index is 1.82. The summed E-state index contributed by atoms with van der Waals surface area (Å²) in [7, 11) is 4.05. The lowest BCUT2D eigenvalue weighted by atomic mass is 10.2. The Morgan fingerprint density at radius 1 is 1.05 bits per heavy atom. The number of anilines is 1. The van der Waals surface area contributed by atoms with E-state index in [0.717, 1.165) is 18.8 Å². The van der Waals surface area contributed by atoms with Crippen molar-refractivity contribution in [2.75, 3.05) is 32.1 Å². The van der Waals surface area contributed by atoms with Gasteiger partial charge >= 0.3 is 0 Å². The minimum Gasteiger partial charge on any atom is -0.492 e. The highest BCUT2D eigenvalue weighted by atomic mass is 16.5. The zero-order valence-corrected chi connectivity index (χ0v) is 13.1. The van der Waals surface area contributed by atoms with Crippen LogP contribution < -0.4 is 15.0 Å². The Morgan fingerprint density at radius 3 is 2.43 bits per heavy atom. The van der Waals surface area contributed by atoms with E-state index in [1.165, 1.54) is 16.8 Å². The molecule has 1 N–H and O–H groups in total. The number of nitrogens with zero attached hydrogens (tertiary/aromatic N) is 1. The van der Waals surface area contributed by atoms with Crippen molar-refractivity contribution >= 4 is 5.69 Å². The molecule has 0 spiro atoms. The van der Waals surface area contributed by atoms with Crippen LogP contribution in [0.3, 0.4) is 0 Å². The largest absolute Gasteiger partial charge is 0.492 e.